The van der Waals surface area contributed by atoms with Gasteiger partial charge in [-0.1, -0.05) is 55.5 Å². The number of H-pyrrole nitrogens is 1. The first-order valence-electron chi connectivity index (χ1n) is 9.56. The van der Waals surface area contributed by atoms with Gasteiger partial charge in [-0.2, -0.15) is 11.3 Å². The summed E-state index contributed by atoms with van der Waals surface area (Å²) in [6.45, 7) is 2.08. The average molecular weight is 404 g/mol. The molecule has 1 N–H and O–H groups in total. The van der Waals surface area contributed by atoms with E-state index in [2.05, 4.69) is 11.9 Å². The van der Waals surface area contributed by atoms with Gasteiger partial charge in [0, 0.05) is 28.2 Å². The largest absolute Gasteiger partial charge is 0.449 e. The Morgan fingerprint density at radius 2 is 1.90 bits per heavy atom. The highest BCUT2D eigenvalue weighted by atomic mass is 32.1. The number of aromatic nitrogens is 1. The molecule has 1 atom stereocenters. The van der Waals surface area contributed by atoms with Crippen LogP contribution in [0, 0.1) is 0 Å². The van der Waals surface area contributed by atoms with Crippen molar-refractivity contribution in [3.63, 3.8) is 0 Å². The first-order chi connectivity index (χ1) is 14.2. The number of rotatable bonds is 7. The third-order valence-corrected chi connectivity index (χ3v) is 5.70. The fourth-order valence-corrected chi connectivity index (χ4v) is 4.16. The standard InChI is InChI=1S/C24H21NO3S/c1-2-17-9-6-10-19-20(14-25-22(17)19)23(27)24(18-7-4-3-5-8-18)28-21(26)13-16-11-12-29-15-16/h3-12,14-15,24-25H,2,13H2,1H3/t24-/m1/s1. The second-order valence-electron chi connectivity index (χ2n) is 6.85. The van der Waals surface area contributed by atoms with E-state index in [1.54, 1.807) is 6.20 Å². The summed E-state index contributed by atoms with van der Waals surface area (Å²) in [4.78, 5) is 29.2. The van der Waals surface area contributed by atoms with Crippen molar-refractivity contribution in [2.24, 2.45) is 0 Å². The van der Waals surface area contributed by atoms with Gasteiger partial charge in [-0.3, -0.25) is 9.59 Å². The highest BCUT2D eigenvalue weighted by Gasteiger charge is 2.28. The first-order valence-corrected chi connectivity index (χ1v) is 10.5. The van der Waals surface area contributed by atoms with Crippen LogP contribution in [0.2, 0.25) is 0 Å². The lowest BCUT2D eigenvalue weighted by Gasteiger charge is -2.17. The van der Waals surface area contributed by atoms with Crippen LogP contribution in [0.5, 0.6) is 0 Å². The van der Waals surface area contributed by atoms with E-state index < -0.39 is 12.1 Å². The molecule has 29 heavy (non-hydrogen) atoms. The van der Waals surface area contributed by atoms with Crippen molar-refractivity contribution >= 4 is 34.0 Å². The van der Waals surface area contributed by atoms with Crippen molar-refractivity contribution in [3.05, 3.63) is 93.8 Å². The number of fused-ring (bicyclic) bond motifs is 1. The molecule has 0 amide bonds. The fraction of sp³-hybridized carbons (Fsp3) is 0.167. The van der Waals surface area contributed by atoms with Crippen LogP contribution in [-0.2, 0) is 22.4 Å². The van der Waals surface area contributed by atoms with Crippen LogP contribution < -0.4 is 0 Å². The molecule has 0 spiro atoms. The maximum atomic E-state index is 13.5. The average Bonchev–Trinajstić information content (AvgIpc) is 3.41. The predicted octanol–water partition coefficient (Wildman–Crippen LogP) is 5.50. The van der Waals surface area contributed by atoms with Crippen LogP contribution >= 0.6 is 11.3 Å². The highest BCUT2D eigenvalue weighted by molar-refractivity contribution is 7.08. The molecule has 0 aliphatic rings. The molecule has 0 saturated heterocycles. The Morgan fingerprint density at radius 1 is 1.07 bits per heavy atom. The summed E-state index contributed by atoms with van der Waals surface area (Å²) in [5.74, 6) is -0.644. The number of nitrogens with one attached hydrogen (secondary N) is 1. The zero-order valence-corrected chi connectivity index (χ0v) is 16.9. The molecule has 4 nitrogen and oxygen atoms in total. The van der Waals surface area contributed by atoms with Gasteiger partial charge in [0.05, 0.1) is 6.42 Å². The van der Waals surface area contributed by atoms with Gasteiger partial charge in [-0.05, 0) is 34.4 Å². The topological polar surface area (TPSA) is 59.2 Å². The van der Waals surface area contributed by atoms with Gasteiger partial charge in [0.1, 0.15) is 0 Å². The number of hydrogen-bond acceptors (Lipinski definition) is 4. The first kappa shape index (κ1) is 19.2. The molecule has 0 fully saturated rings. The van der Waals surface area contributed by atoms with Crippen molar-refractivity contribution in [1.29, 1.82) is 0 Å². The molecule has 0 aliphatic carbocycles. The number of para-hydroxylation sites is 1. The molecule has 0 bridgehead atoms. The number of benzene rings is 2. The molecule has 4 aromatic rings. The second-order valence-corrected chi connectivity index (χ2v) is 7.63. The number of thiophene rings is 1. The molecule has 5 heteroatoms. The van der Waals surface area contributed by atoms with Crippen LogP contribution in [0.4, 0.5) is 0 Å². The number of ketones is 1. The van der Waals surface area contributed by atoms with Crippen LogP contribution in [0.15, 0.2) is 71.6 Å². The molecule has 2 aromatic carbocycles. The van der Waals surface area contributed by atoms with Crippen molar-refractivity contribution < 1.29 is 14.3 Å². The maximum Gasteiger partial charge on any atom is 0.311 e. The summed E-state index contributed by atoms with van der Waals surface area (Å²) in [7, 11) is 0. The lowest BCUT2D eigenvalue weighted by molar-refractivity contribution is -0.146. The number of esters is 1. The normalized spacial score (nSPS) is 12.0. The van der Waals surface area contributed by atoms with Gasteiger partial charge >= 0.3 is 5.97 Å². The number of ether oxygens (including phenoxy) is 1. The van der Waals surface area contributed by atoms with Gasteiger partial charge in [0.2, 0.25) is 5.78 Å². The summed E-state index contributed by atoms with van der Waals surface area (Å²) in [5.41, 5.74) is 4.19. The molecular formula is C24H21NO3S. The number of aryl methyl sites for hydroxylation is 1. The SMILES string of the molecule is CCc1cccc2c(C(=O)[C@H](OC(=O)Cc3ccsc3)c3ccccc3)c[nH]c12. The molecule has 4 rings (SSSR count). The Labute approximate surface area is 173 Å². The van der Waals surface area contributed by atoms with Crippen LogP contribution in [0.3, 0.4) is 0 Å². The monoisotopic (exact) mass is 403 g/mol. The molecule has 0 unspecified atom stereocenters. The summed E-state index contributed by atoms with van der Waals surface area (Å²) in [5, 5.41) is 4.68. The smallest absolute Gasteiger partial charge is 0.311 e. The number of aromatic amines is 1. The zero-order chi connectivity index (χ0) is 20.2. The fourth-order valence-electron chi connectivity index (χ4n) is 3.49. The Morgan fingerprint density at radius 3 is 2.62 bits per heavy atom. The number of carbonyl (C=O) groups is 2. The summed E-state index contributed by atoms with van der Waals surface area (Å²) in [6, 6.07) is 17.0. The molecular weight excluding hydrogens is 382 g/mol. The summed E-state index contributed by atoms with van der Waals surface area (Å²) >= 11 is 1.53. The van der Waals surface area contributed by atoms with E-state index in [0.29, 0.717) is 11.1 Å². The van der Waals surface area contributed by atoms with E-state index >= 15 is 0 Å². The molecule has 0 saturated carbocycles. The van der Waals surface area contributed by atoms with Crippen molar-refractivity contribution in [2.75, 3.05) is 0 Å². The minimum atomic E-state index is -0.980. The van der Waals surface area contributed by atoms with Gasteiger partial charge < -0.3 is 9.72 Å². The molecule has 2 heterocycles. The summed E-state index contributed by atoms with van der Waals surface area (Å²) in [6.07, 6.45) is 1.75. The molecule has 2 aromatic heterocycles. The Hall–Kier alpha value is -3.18. The quantitative estimate of drug-likeness (QED) is 0.327. The van der Waals surface area contributed by atoms with Gasteiger partial charge in [0.15, 0.2) is 6.10 Å². The Balaban J connectivity index is 1.68. The van der Waals surface area contributed by atoms with E-state index in [9.17, 15) is 9.59 Å². The van der Waals surface area contributed by atoms with Crippen LogP contribution in [0.25, 0.3) is 10.9 Å². The van der Waals surface area contributed by atoms with Gasteiger partial charge in [-0.15, -0.1) is 0 Å². The number of carbonyl (C=O) groups excluding carboxylic acids is 2. The third kappa shape index (κ3) is 4.00. The van der Waals surface area contributed by atoms with E-state index in [1.807, 2.05) is 65.4 Å². The Bertz CT molecular complexity index is 1130. The minimum Gasteiger partial charge on any atom is -0.449 e. The van der Waals surface area contributed by atoms with Crippen molar-refractivity contribution in [1.82, 2.24) is 4.98 Å². The molecule has 146 valence electrons. The molecule has 0 aliphatic heterocycles. The van der Waals surface area contributed by atoms with Gasteiger partial charge in [-0.25, -0.2) is 0 Å². The van der Waals surface area contributed by atoms with E-state index in [4.69, 9.17) is 4.74 Å². The summed E-state index contributed by atoms with van der Waals surface area (Å²) < 4.78 is 5.70. The van der Waals surface area contributed by atoms with E-state index in [-0.39, 0.29) is 12.2 Å². The molecule has 0 radical (unpaired) electrons. The van der Waals surface area contributed by atoms with Crippen LogP contribution in [-0.4, -0.2) is 16.7 Å². The lowest BCUT2D eigenvalue weighted by atomic mass is 9.98. The van der Waals surface area contributed by atoms with E-state index in [1.165, 1.54) is 11.3 Å². The van der Waals surface area contributed by atoms with Gasteiger partial charge in [0.25, 0.3) is 0 Å². The highest BCUT2D eigenvalue weighted by Crippen LogP contribution is 2.29. The maximum absolute atomic E-state index is 13.5. The minimum absolute atomic E-state index is 0.147. The van der Waals surface area contributed by atoms with E-state index in [0.717, 1.165) is 28.5 Å². The number of Topliss-reactive ketones (excluding diaryl/α,β-unsaturated/α-hetero) is 1. The lowest BCUT2D eigenvalue weighted by Crippen LogP contribution is -2.21. The van der Waals surface area contributed by atoms with Crippen LogP contribution in [0.1, 0.15) is 40.1 Å². The third-order valence-electron chi connectivity index (χ3n) is 4.97. The zero-order valence-electron chi connectivity index (χ0n) is 16.1. The Kier molecular flexibility index (Phi) is 5.58. The van der Waals surface area contributed by atoms with Crippen molar-refractivity contribution in [3.8, 4) is 0 Å². The predicted molar refractivity (Wildman–Crippen MR) is 115 cm³/mol. The van der Waals surface area contributed by atoms with Crippen molar-refractivity contribution in [2.45, 2.75) is 25.9 Å². The second kappa shape index (κ2) is 8.45. The number of hydrogen-bond donors (Lipinski definition) is 1.